The lowest BCUT2D eigenvalue weighted by molar-refractivity contribution is 0.227. The van der Waals surface area contributed by atoms with Crippen LogP contribution in [0, 0.1) is 6.92 Å². The standard InChI is InChI=1S/C14H22N4O3S/c1-11-4-3-7-15-13(11)10-16-14(19)17-12-5-8-18(9-6-12)22(2,20)21/h3-4,7,12H,5-6,8-10H2,1-2H3,(H2,16,17,19). The Morgan fingerprint density at radius 3 is 2.68 bits per heavy atom. The van der Waals surface area contributed by atoms with Crippen LogP contribution in [0.4, 0.5) is 4.79 Å². The number of amides is 2. The number of hydrogen-bond acceptors (Lipinski definition) is 4. The summed E-state index contributed by atoms with van der Waals surface area (Å²) in [5.41, 5.74) is 1.87. The first-order chi connectivity index (χ1) is 10.4. The van der Waals surface area contributed by atoms with Crippen LogP contribution >= 0.6 is 0 Å². The molecule has 1 aliphatic rings. The van der Waals surface area contributed by atoms with E-state index < -0.39 is 10.0 Å². The van der Waals surface area contributed by atoms with Crippen LogP contribution in [-0.4, -0.2) is 49.1 Å². The van der Waals surface area contributed by atoms with Crippen LogP contribution < -0.4 is 10.6 Å². The summed E-state index contributed by atoms with van der Waals surface area (Å²) in [4.78, 5) is 16.1. The summed E-state index contributed by atoms with van der Waals surface area (Å²) in [7, 11) is -3.13. The second-order valence-corrected chi connectivity index (χ2v) is 7.51. The van der Waals surface area contributed by atoms with Gasteiger partial charge in [-0.15, -0.1) is 0 Å². The summed E-state index contributed by atoms with van der Waals surface area (Å²) in [5.74, 6) is 0. The first-order valence-corrected chi connectivity index (χ1v) is 9.11. The van der Waals surface area contributed by atoms with Gasteiger partial charge in [0.15, 0.2) is 0 Å². The van der Waals surface area contributed by atoms with Crippen LogP contribution in [-0.2, 0) is 16.6 Å². The van der Waals surface area contributed by atoms with Crippen molar-refractivity contribution in [1.29, 1.82) is 0 Å². The molecule has 1 fully saturated rings. The van der Waals surface area contributed by atoms with Gasteiger partial charge in [-0.25, -0.2) is 17.5 Å². The number of carbonyl (C=O) groups is 1. The fourth-order valence-corrected chi connectivity index (χ4v) is 3.31. The molecular formula is C14H22N4O3S. The smallest absolute Gasteiger partial charge is 0.315 e. The molecule has 2 N–H and O–H groups in total. The second kappa shape index (κ2) is 7.06. The number of aryl methyl sites for hydroxylation is 1. The van der Waals surface area contributed by atoms with Crippen LogP contribution in [0.1, 0.15) is 24.1 Å². The molecule has 2 rings (SSSR count). The summed E-state index contributed by atoms with van der Waals surface area (Å²) < 4.78 is 24.3. The summed E-state index contributed by atoms with van der Waals surface area (Å²) >= 11 is 0. The lowest BCUT2D eigenvalue weighted by Crippen LogP contribution is -2.48. The summed E-state index contributed by atoms with van der Waals surface area (Å²) in [6.07, 6.45) is 4.16. The number of urea groups is 1. The molecule has 0 aromatic carbocycles. The minimum atomic E-state index is -3.13. The molecule has 1 aliphatic heterocycles. The van der Waals surface area contributed by atoms with E-state index in [9.17, 15) is 13.2 Å². The van der Waals surface area contributed by atoms with Crippen molar-refractivity contribution in [2.45, 2.75) is 32.4 Å². The van der Waals surface area contributed by atoms with Crippen molar-refractivity contribution in [3.63, 3.8) is 0 Å². The molecule has 2 amide bonds. The first-order valence-electron chi connectivity index (χ1n) is 7.26. The molecule has 0 radical (unpaired) electrons. The van der Waals surface area contributed by atoms with Crippen molar-refractivity contribution in [2.24, 2.45) is 0 Å². The van der Waals surface area contributed by atoms with Gasteiger partial charge in [-0.05, 0) is 31.4 Å². The average Bonchev–Trinajstić information content (AvgIpc) is 2.46. The lowest BCUT2D eigenvalue weighted by Gasteiger charge is -2.30. The number of pyridine rings is 1. The quantitative estimate of drug-likeness (QED) is 0.848. The van der Waals surface area contributed by atoms with Gasteiger partial charge in [0.2, 0.25) is 10.0 Å². The highest BCUT2D eigenvalue weighted by Crippen LogP contribution is 2.13. The Bertz CT molecular complexity index is 625. The molecule has 0 unspecified atom stereocenters. The van der Waals surface area contributed by atoms with Gasteiger partial charge >= 0.3 is 6.03 Å². The van der Waals surface area contributed by atoms with Crippen molar-refractivity contribution in [3.05, 3.63) is 29.6 Å². The largest absolute Gasteiger partial charge is 0.335 e. The zero-order chi connectivity index (χ0) is 16.2. The van der Waals surface area contributed by atoms with Crippen molar-refractivity contribution >= 4 is 16.1 Å². The molecule has 0 spiro atoms. The van der Waals surface area contributed by atoms with Gasteiger partial charge in [0.25, 0.3) is 0 Å². The molecule has 1 aromatic heterocycles. The van der Waals surface area contributed by atoms with E-state index in [2.05, 4.69) is 15.6 Å². The van der Waals surface area contributed by atoms with Crippen LogP contribution in [0.2, 0.25) is 0 Å². The third-order valence-electron chi connectivity index (χ3n) is 3.79. The number of rotatable bonds is 4. The number of piperidine rings is 1. The van der Waals surface area contributed by atoms with E-state index in [0.29, 0.717) is 32.5 Å². The van der Waals surface area contributed by atoms with E-state index in [1.54, 1.807) is 6.20 Å². The molecule has 1 aromatic rings. The molecule has 0 aliphatic carbocycles. The third kappa shape index (κ3) is 4.67. The average molecular weight is 326 g/mol. The monoisotopic (exact) mass is 326 g/mol. The molecule has 22 heavy (non-hydrogen) atoms. The molecule has 0 bridgehead atoms. The van der Waals surface area contributed by atoms with E-state index in [4.69, 9.17) is 0 Å². The molecule has 7 nitrogen and oxygen atoms in total. The van der Waals surface area contributed by atoms with Gasteiger partial charge < -0.3 is 10.6 Å². The Balaban J connectivity index is 1.76. The Labute approximate surface area is 131 Å². The van der Waals surface area contributed by atoms with E-state index in [0.717, 1.165) is 11.3 Å². The van der Waals surface area contributed by atoms with Crippen molar-refractivity contribution < 1.29 is 13.2 Å². The highest BCUT2D eigenvalue weighted by molar-refractivity contribution is 7.88. The number of carbonyl (C=O) groups excluding carboxylic acids is 1. The number of aromatic nitrogens is 1. The van der Waals surface area contributed by atoms with Gasteiger partial charge in [-0.3, -0.25) is 4.98 Å². The maximum absolute atomic E-state index is 11.9. The van der Waals surface area contributed by atoms with Gasteiger partial charge in [-0.2, -0.15) is 0 Å². The van der Waals surface area contributed by atoms with Crippen molar-refractivity contribution in [1.82, 2.24) is 19.9 Å². The molecule has 8 heteroatoms. The Morgan fingerprint density at radius 2 is 2.09 bits per heavy atom. The van der Waals surface area contributed by atoms with E-state index >= 15 is 0 Å². The Hall–Kier alpha value is -1.67. The summed E-state index contributed by atoms with van der Waals surface area (Å²) in [6, 6.07) is 3.56. The molecule has 1 saturated heterocycles. The van der Waals surface area contributed by atoms with Crippen LogP contribution in [0.15, 0.2) is 18.3 Å². The summed E-state index contributed by atoms with van der Waals surface area (Å²) in [5, 5.41) is 5.67. The highest BCUT2D eigenvalue weighted by atomic mass is 32.2. The highest BCUT2D eigenvalue weighted by Gasteiger charge is 2.25. The van der Waals surface area contributed by atoms with Gasteiger partial charge in [-0.1, -0.05) is 6.07 Å². The normalized spacial score (nSPS) is 17.2. The number of nitrogens with one attached hydrogen (secondary N) is 2. The zero-order valence-electron chi connectivity index (χ0n) is 12.9. The second-order valence-electron chi connectivity index (χ2n) is 5.53. The van der Waals surface area contributed by atoms with E-state index in [1.165, 1.54) is 10.6 Å². The van der Waals surface area contributed by atoms with Crippen molar-refractivity contribution in [3.8, 4) is 0 Å². The fraction of sp³-hybridized carbons (Fsp3) is 0.571. The lowest BCUT2D eigenvalue weighted by atomic mass is 10.1. The third-order valence-corrected chi connectivity index (χ3v) is 5.10. The Morgan fingerprint density at radius 1 is 1.41 bits per heavy atom. The van der Waals surface area contributed by atoms with Gasteiger partial charge in [0.1, 0.15) is 0 Å². The maximum Gasteiger partial charge on any atom is 0.315 e. The SMILES string of the molecule is Cc1cccnc1CNC(=O)NC1CCN(S(C)(=O)=O)CC1. The maximum atomic E-state index is 11.9. The van der Waals surface area contributed by atoms with Gasteiger partial charge in [0.05, 0.1) is 18.5 Å². The summed E-state index contributed by atoms with van der Waals surface area (Å²) in [6.45, 7) is 3.22. The minimum absolute atomic E-state index is 0.00262. The Kier molecular flexibility index (Phi) is 5.36. The minimum Gasteiger partial charge on any atom is -0.335 e. The van der Waals surface area contributed by atoms with Crippen LogP contribution in [0.3, 0.4) is 0 Å². The van der Waals surface area contributed by atoms with Crippen molar-refractivity contribution in [2.75, 3.05) is 19.3 Å². The molecule has 2 heterocycles. The van der Waals surface area contributed by atoms with E-state index in [-0.39, 0.29) is 12.1 Å². The van der Waals surface area contributed by atoms with Gasteiger partial charge in [0, 0.05) is 25.3 Å². The molecular weight excluding hydrogens is 304 g/mol. The number of sulfonamides is 1. The molecule has 0 saturated carbocycles. The zero-order valence-corrected chi connectivity index (χ0v) is 13.7. The fourth-order valence-electron chi connectivity index (χ4n) is 2.44. The predicted molar refractivity (Wildman–Crippen MR) is 83.8 cm³/mol. The predicted octanol–water partition coefficient (Wildman–Crippen LogP) is 0.613. The number of nitrogens with zero attached hydrogens (tertiary/aromatic N) is 2. The molecule has 122 valence electrons. The number of hydrogen-bond donors (Lipinski definition) is 2. The van der Waals surface area contributed by atoms with Crippen LogP contribution in [0.25, 0.3) is 0 Å². The topological polar surface area (TPSA) is 91.4 Å². The van der Waals surface area contributed by atoms with Crippen LogP contribution in [0.5, 0.6) is 0 Å². The molecule has 0 atom stereocenters. The first kappa shape index (κ1) is 16.7. The van der Waals surface area contributed by atoms with E-state index in [1.807, 2.05) is 19.1 Å².